The predicted octanol–water partition coefficient (Wildman–Crippen LogP) is 3.35. The second-order valence-electron chi connectivity index (χ2n) is 4.93. The monoisotopic (exact) mass is 442 g/mol. The molecule has 0 atom stereocenters. The Balaban J connectivity index is 1.94. The van der Waals surface area contributed by atoms with Crippen molar-refractivity contribution in [3.63, 3.8) is 0 Å². The van der Waals surface area contributed by atoms with E-state index in [0.717, 1.165) is 4.47 Å². The van der Waals surface area contributed by atoms with E-state index in [9.17, 15) is 9.90 Å². The van der Waals surface area contributed by atoms with Crippen LogP contribution in [0.4, 0.5) is 0 Å². The zero-order chi connectivity index (χ0) is 19.1. The molecule has 1 amide bonds. The molecule has 0 radical (unpaired) electrons. The van der Waals surface area contributed by atoms with E-state index in [1.54, 1.807) is 30.3 Å². The van der Waals surface area contributed by atoms with Crippen molar-refractivity contribution in [1.82, 2.24) is 5.43 Å². The molecule has 138 valence electrons. The topological polar surface area (TPSA) is 89.4 Å². The Kier molecular flexibility index (Phi) is 7.11. The Morgan fingerprint density at radius 1 is 1.23 bits per heavy atom. The van der Waals surface area contributed by atoms with E-state index in [1.807, 2.05) is 0 Å². The average molecular weight is 444 g/mol. The Hall–Kier alpha value is -2.45. The lowest BCUT2D eigenvalue weighted by Crippen LogP contribution is -2.24. The van der Waals surface area contributed by atoms with Crippen LogP contribution in [0.25, 0.3) is 0 Å². The van der Waals surface area contributed by atoms with Crippen molar-refractivity contribution >= 4 is 39.7 Å². The summed E-state index contributed by atoms with van der Waals surface area (Å²) >= 11 is 9.29. The van der Waals surface area contributed by atoms with Crippen molar-refractivity contribution < 1.29 is 24.1 Å². The number of hydrazone groups is 1. The molecule has 0 spiro atoms. The number of carbonyl (C=O) groups is 1. The van der Waals surface area contributed by atoms with Gasteiger partial charge in [0.2, 0.25) is 5.75 Å². The number of hydrogen-bond donors (Lipinski definition) is 2. The fourth-order valence-electron chi connectivity index (χ4n) is 1.93. The molecular weight excluding hydrogens is 428 g/mol. The number of nitrogens with one attached hydrogen (secondary N) is 1. The first-order chi connectivity index (χ1) is 12.4. The van der Waals surface area contributed by atoms with Crippen LogP contribution in [0.3, 0.4) is 0 Å². The van der Waals surface area contributed by atoms with Crippen molar-refractivity contribution in [1.29, 1.82) is 0 Å². The summed E-state index contributed by atoms with van der Waals surface area (Å²) in [5, 5.41) is 14.1. The molecule has 0 unspecified atom stereocenters. The number of phenols is 1. The molecular formula is C17H16BrClN2O5. The molecule has 0 fully saturated rings. The van der Waals surface area contributed by atoms with E-state index in [2.05, 4.69) is 26.5 Å². The van der Waals surface area contributed by atoms with E-state index in [4.69, 9.17) is 25.8 Å². The van der Waals surface area contributed by atoms with Crippen LogP contribution in [-0.4, -0.2) is 38.1 Å². The number of hydrogen-bond acceptors (Lipinski definition) is 6. The smallest absolute Gasteiger partial charge is 0.277 e. The lowest BCUT2D eigenvalue weighted by atomic mass is 10.2. The zero-order valence-electron chi connectivity index (χ0n) is 14.0. The van der Waals surface area contributed by atoms with Crippen molar-refractivity contribution in [2.45, 2.75) is 0 Å². The molecule has 2 rings (SSSR count). The summed E-state index contributed by atoms with van der Waals surface area (Å²) in [6.07, 6.45) is 1.38. The number of rotatable bonds is 7. The Morgan fingerprint density at radius 2 is 1.88 bits per heavy atom. The molecule has 7 nitrogen and oxygen atoms in total. The third kappa shape index (κ3) is 5.27. The standard InChI is InChI=1S/C17H16BrClN2O5/c1-24-14-5-10(6-15(25-2)17(14)23)8-20-21-16(22)9-26-13-4-3-11(18)7-12(13)19/h3-8,23H,9H2,1-2H3,(H,21,22)/b20-8+. The summed E-state index contributed by atoms with van der Waals surface area (Å²) in [6, 6.07) is 8.16. The maximum Gasteiger partial charge on any atom is 0.277 e. The molecule has 26 heavy (non-hydrogen) atoms. The lowest BCUT2D eigenvalue weighted by molar-refractivity contribution is -0.123. The fourth-order valence-corrected chi connectivity index (χ4v) is 2.66. The molecule has 0 aliphatic heterocycles. The van der Waals surface area contributed by atoms with Gasteiger partial charge in [0.15, 0.2) is 18.1 Å². The van der Waals surface area contributed by atoms with Crippen LogP contribution in [0.1, 0.15) is 5.56 Å². The highest BCUT2D eigenvalue weighted by Crippen LogP contribution is 2.36. The van der Waals surface area contributed by atoms with Gasteiger partial charge < -0.3 is 19.3 Å². The summed E-state index contributed by atoms with van der Waals surface area (Å²) < 4.78 is 16.2. The number of aromatic hydroxyl groups is 1. The van der Waals surface area contributed by atoms with Crippen molar-refractivity contribution in [3.05, 3.63) is 45.4 Å². The number of halogens is 2. The third-order valence-corrected chi connectivity index (χ3v) is 3.95. The van der Waals surface area contributed by atoms with Gasteiger partial charge in [-0.2, -0.15) is 5.10 Å². The van der Waals surface area contributed by atoms with Crippen LogP contribution in [0.15, 0.2) is 39.9 Å². The van der Waals surface area contributed by atoms with Gasteiger partial charge in [-0.15, -0.1) is 0 Å². The molecule has 0 bridgehead atoms. The number of ether oxygens (including phenoxy) is 3. The number of benzene rings is 2. The van der Waals surface area contributed by atoms with E-state index >= 15 is 0 Å². The van der Waals surface area contributed by atoms with Gasteiger partial charge in [0, 0.05) is 10.0 Å². The number of nitrogens with zero attached hydrogens (tertiary/aromatic N) is 1. The molecule has 0 aromatic heterocycles. The summed E-state index contributed by atoms with van der Waals surface area (Å²) in [7, 11) is 2.84. The second-order valence-corrected chi connectivity index (χ2v) is 6.25. The molecule has 0 heterocycles. The lowest BCUT2D eigenvalue weighted by Gasteiger charge is -2.09. The molecule has 0 aliphatic carbocycles. The maximum atomic E-state index is 11.8. The van der Waals surface area contributed by atoms with Gasteiger partial charge in [0.05, 0.1) is 25.5 Å². The van der Waals surface area contributed by atoms with Crippen molar-refractivity contribution in [2.24, 2.45) is 5.10 Å². The highest BCUT2D eigenvalue weighted by atomic mass is 79.9. The highest BCUT2D eigenvalue weighted by molar-refractivity contribution is 9.10. The van der Waals surface area contributed by atoms with Gasteiger partial charge in [0.25, 0.3) is 5.91 Å². The summed E-state index contributed by atoms with van der Waals surface area (Å²) in [5.41, 5.74) is 2.89. The van der Waals surface area contributed by atoms with Crippen molar-refractivity contribution in [3.8, 4) is 23.0 Å². The van der Waals surface area contributed by atoms with E-state index in [-0.39, 0.29) is 23.9 Å². The minimum absolute atomic E-state index is 0.115. The molecule has 9 heteroatoms. The van der Waals surface area contributed by atoms with Crippen LogP contribution in [0, 0.1) is 0 Å². The molecule has 0 aliphatic rings. The Labute approximate surface area is 163 Å². The normalized spacial score (nSPS) is 10.6. The van der Waals surface area contributed by atoms with E-state index < -0.39 is 5.91 Å². The van der Waals surface area contributed by atoms with Gasteiger partial charge in [-0.25, -0.2) is 5.43 Å². The maximum absolute atomic E-state index is 11.8. The molecule has 0 saturated carbocycles. The fraction of sp³-hybridized carbons (Fsp3) is 0.176. The minimum Gasteiger partial charge on any atom is -0.502 e. The second kappa shape index (κ2) is 9.30. The predicted molar refractivity (Wildman–Crippen MR) is 102 cm³/mol. The first-order valence-electron chi connectivity index (χ1n) is 7.29. The zero-order valence-corrected chi connectivity index (χ0v) is 16.3. The van der Waals surface area contributed by atoms with Gasteiger partial charge in [0.1, 0.15) is 5.75 Å². The van der Waals surface area contributed by atoms with Gasteiger partial charge >= 0.3 is 0 Å². The SMILES string of the molecule is COc1cc(/C=N/NC(=O)COc2ccc(Br)cc2Cl)cc(OC)c1O. The number of phenolic OH excluding ortho intramolecular Hbond substituents is 1. The van der Waals surface area contributed by atoms with Crippen LogP contribution in [0.2, 0.25) is 5.02 Å². The van der Waals surface area contributed by atoms with E-state index in [0.29, 0.717) is 16.3 Å². The number of methoxy groups -OCH3 is 2. The molecule has 2 aromatic rings. The van der Waals surface area contributed by atoms with Gasteiger partial charge in [-0.05, 0) is 30.3 Å². The van der Waals surface area contributed by atoms with Crippen LogP contribution < -0.4 is 19.6 Å². The Morgan fingerprint density at radius 3 is 2.46 bits per heavy atom. The first kappa shape index (κ1) is 19.9. The quantitative estimate of drug-likeness (QED) is 0.506. The number of carbonyl (C=O) groups excluding carboxylic acids is 1. The highest BCUT2D eigenvalue weighted by Gasteiger charge is 2.10. The summed E-state index contributed by atoms with van der Waals surface area (Å²) in [5.74, 6) is 0.270. The van der Waals surface area contributed by atoms with Crippen molar-refractivity contribution in [2.75, 3.05) is 20.8 Å². The minimum atomic E-state index is -0.460. The van der Waals surface area contributed by atoms with Crippen LogP contribution >= 0.6 is 27.5 Å². The molecule has 2 aromatic carbocycles. The average Bonchev–Trinajstić information content (AvgIpc) is 2.62. The largest absolute Gasteiger partial charge is 0.502 e. The number of amides is 1. The van der Waals surface area contributed by atoms with Gasteiger partial charge in [-0.1, -0.05) is 27.5 Å². The van der Waals surface area contributed by atoms with Gasteiger partial charge in [-0.3, -0.25) is 4.79 Å². The molecule has 0 saturated heterocycles. The Bertz CT molecular complexity index is 804. The van der Waals surface area contributed by atoms with Crippen LogP contribution in [-0.2, 0) is 4.79 Å². The molecule has 2 N–H and O–H groups in total. The van der Waals surface area contributed by atoms with E-state index in [1.165, 1.54) is 20.4 Å². The summed E-state index contributed by atoms with van der Waals surface area (Å²) in [4.78, 5) is 11.8. The van der Waals surface area contributed by atoms with Crippen LogP contribution in [0.5, 0.6) is 23.0 Å². The summed E-state index contributed by atoms with van der Waals surface area (Å²) in [6.45, 7) is -0.249. The first-order valence-corrected chi connectivity index (χ1v) is 8.46. The third-order valence-electron chi connectivity index (χ3n) is 3.16.